The average molecular weight is 528 g/mol. The van der Waals surface area contributed by atoms with Crippen LogP contribution in [-0.2, 0) is 16.0 Å². The Kier molecular flexibility index (Phi) is 11.4. The SMILES string of the molecule is CCNC(=NCCc1cc(Cl)cc(Cl)c1)N1CCC(C(=O)OCC)CC1.I. The van der Waals surface area contributed by atoms with Gasteiger partial charge in [0.1, 0.15) is 0 Å². The summed E-state index contributed by atoms with van der Waals surface area (Å²) in [6.45, 7) is 7.40. The fourth-order valence-electron chi connectivity index (χ4n) is 3.06. The van der Waals surface area contributed by atoms with Gasteiger partial charge in [0.2, 0.25) is 0 Å². The number of carbonyl (C=O) groups is 1. The first-order valence-electron chi connectivity index (χ1n) is 9.18. The molecule has 0 amide bonds. The number of rotatable bonds is 6. The van der Waals surface area contributed by atoms with E-state index in [1.54, 1.807) is 6.07 Å². The normalized spacial score (nSPS) is 15.3. The molecule has 0 aromatic heterocycles. The zero-order valence-corrected chi connectivity index (χ0v) is 19.7. The van der Waals surface area contributed by atoms with E-state index in [-0.39, 0.29) is 35.9 Å². The Bertz CT molecular complexity index is 615. The van der Waals surface area contributed by atoms with Crippen molar-refractivity contribution in [2.24, 2.45) is 10.9 Å². The van der Waals surface area contributed by atoms with Crippen LogP contribution in [0.2, 0.25) is 10.0 Å². The first kappa shape index (κ1) is 24.3. The quantitative estimate of drug-likeness (QED) is 0.258. The summed E-state index contributed by atoms with van der Waals surface area (Å²) < 4.78 is 5.13. The second-order valence-electron chi connectivity index (χ2n) is 6.28. The number of halogens is 3. The van der Waals surface area contributed by atoms with E-state index in [2.05, 4.69) is 17.1 Å². The Hall–Kier alpha value is -0.730. The number of aliphatic imine (C=N–C) groups is 1. The first-order chi connectivity index (χ1) is 12.5. The molecule has 0 bridgehead atoms. The van der Waals surface area contributed by atoms with Gasteiger partial charge < -0.3 is 15.0 Å². The molecule has 2 rings (SSSR count). The van der Waals surface area contributed by atoms with Gasteiger partial charge in [-0.2, -0.15) is 0 Å². The minimum Gasteiger partial charge on any atom is -0.466 e. The van der Waals surface area contributed by atoms with Gasteiger partial charge in [-0.3, -0.25) is 9.79 Å². The minimum absolute atomic E-state index is 0. The lowest BCUT2D eigenvalue weighted by Gasteiger charge is -2.33. The number of ether oxygens (including phenoxy) is 1. The monoisotopic (exact) mass is 527 g/mol. The maximum Gasteiger partial charge on any atom is 0.309 e. The Balaban J connectivity index is 0.00000364. The lowest BCUT2D eigenvalue weighted by Crippen LogP contribution is -2.46. The minimum atomic E-state index is -0.0769. The molecule has 0 saturated carbocycles. The van der Waals surface area contributed by atoms with Gasteiger partial charge in [-0.05, 0) is 56.9 Å². The van der Waals surface area contributed by atoms with Gasteiger partial charge >= 0.3 is 5.97 Å². The summed E-state index contributed by atoms with van der Waals surface area (Å²) in [6, 6.07) is 5.56. The predicted octanol–water partition coefficient (Wildman–Crippen LogP) is 4.39. The molecule has 1 aromatic rings. The summed E-state index contributed by atoms with van der Waals surface area (Å²) in [7, 11) is 0. The molecule has 0 aliphatic carbocycles. The van der Waals surface area contributed by atoms with Crippen molar-refractivity contribution in [1.29, 1.82) is 0 Å². The molecule has 27 heavy (non-hydrogen) atoms. The topological polar surface area (TPSA) is 53.9 Å². The van der Waals surface area contributed by atoms with Crippen LogP contribution in [0.3, 0.4) is 0 Å². The molecule has 0 atom stereocenters. The van der Waals surface area contributed by atoms with Gasteiger partial charge in [-0.25, -0.2) is 0 Å². The van der Waals surface area contributed by atoms with Crippen molar-refractivity contribution in [3.05, 3.63) is 33.8 Å². The van der Waals surface area contributed by atoms with Crippen LogP contribution < -0.4 is 5.32 Å². The summed E-state index contributed by atoms with van der Waals surface area (Å²) in [5, 5.41) is 4.62. The number of hydrogen-bond donors (Lipinski definition) is 1. The molecule has 1 saturated heterocycles. The highest BCUT2D eigenvalue weighted by Crippen LogP contribution is 2.20. The number of esters is 1. The van der Waals surface area contributed by atoms with Gasteiger partial charge in [0, 0.05) is 36.2 Å². The van der Waals surface area contributed by atoms with E-state index in [9.17, 15) is 4.79 Å². The number of nitrogens with one attached hydrogen (secondary N) is 1. The highest BCUT2D eigenvalue weighted by atomic mass is 127. The van der Waals surface area contributed by atoms with E-state index in [0.29, 0.717) is 23.2 Å². The molecule has 152 valence electrons. The zero-order valence-electron chi connectivity index (χ0n) is 15.8. The van der Waals surface area contributed by atoms with Crippen molar-refractivity contribution in [3.63, 3.8) is 0 Å². The third-order valence-corrected chi connectivity index (χ3v) is 4.77. The van der Waals surface area contributed by atoms with Crippen molar-refractivity contribution >= 4 is 59.1 Å². The number of nitrogens with zero attached hydrogens (tertiary/aromatic N) is 2. The number of benzene rings is 1. The van der Waals surface area contributed by atoms with Gasteiger partial charge in [0.05, 0.1) is 12.5 Å². The van der Waals surface area contributed by atoms with Crippen LogP contribution in [0.15, 0.2) is 23.2 Å². The van der Waals surface area contributed by atoms with Gasteiger partial charge in [0.15, 0.2) is 5.96 Å². The molecule has 1 fully saturated rings. The lowest BCUT2D eigenvalue weighted by molar-refractivity contribution is -0.149. The summed E-state index contributed by atoms with van der Waals surface area (Å²) in [6.07, 6.45) is 2.37. The number of hydrogen-bond acceptors (Lipinski definition) is 3. The highest BCUT2D eigenvalue weighted by Gasteiger charge is 2.27. The third-order valence-electron chi connectivity index (χ3n) is 4.33. The summed E-state index contributed by atoms with van der Waals surface area (Å²) in [5.41, 5.74) is 1.07. The molecule has 1 aliphatic heterocycles. The average Bonchev–Trinajstić information content (AvgIpc) is 2.60. The van der Waals surface area contributed by atoms with Crippen molar-refractivity contribution in [2.75, 3.05) is 32.8 Å². The molecule has 1 aliphatic rings. The fraction of sp³-hybridized carbons (Fsp3) is 0.579. The molecule has 0 spiro atoms. The Morgan fingerprint density at radius 2 is 1.85 bits per heavy atom. The lowest BCUT2D eigenvalue weighted by atomic mass is 9.97. The molecule has 1 N–H and O–H groups in total. The van der Waals surface area contributed by atoms with E-state index in [0.717, 1.165) is 50.4 Å². The second kappa shape index (κ2) is 12.7. The number of piperidine rings is 1. The predicted molar refractivity (Wildman–Crippen MR) is 122 cm³/mol. The standard InChI is InChI=1S/C19H27Cl2N3O2.HI/c1-3-22-19(23-8-5-14-11-16(20)13-17(21)12-14)24-9-6-15(7-10-24)18(25)26-4-2;/h11-13,15H,3-10H2,1-2H3,(H,22,23);1H. The molecule has 5 nitrogen and oxygen atoms in total. The van der Waals surface area contributed by atoms with Crippen molar-refractivity contribution < 1.29 is 9.53 Å². The molecule has 8 heteroatoms. The van der Waals surface area contributed by atoms with Crippen LogP contribution >= 0.6 is 47.2 Å². The molecular weight excluding hydrogens is 500 g/mol. The molecule has 0 unspecified atom stereocenters. The largest absolute Gasteiger partial charge is 0.466 e. The summed E-state index contributed by atoms with van der Waals surface area (Å²) in [5.74, 6) is 0.817. The van der Waals surface area contributed by atoms with Crippen LogP contribution in [-0.4, -0.2) is 49.6 Å². The Morgan fingerprint density at radius 3 is 2.41 bits per heavy atom. The molecule has 0 radical (unpaired) electrons. The fourth-order valence-corrected chi connectivity index (χ4v) is 3.63. The number of likely N-dealkylation sites (tertiary alicyclic amines) is 1. The molecule has 1 aromatic carbocycles. The van der Waals surface area contributed by atoms with Crippen LogP contribution in [0.1, 0.15) is 32.3 Å². The van der Waals surface area contributed by atoms with Crippen LogP contribution in [0.5, 0.6) is 0 Å². The third kappa shape index (κ3) is 8.03. The maximum absolute atomic E-state index is 11.9. The van der Waals surface area contributed by atoms with E-state index < -0.39 is 0 Å². The van der Waals surface area contributed by atoms with Gasteiger partial charge in [-0.1, -0.05) is 23.2 Å². The van der Waals surface area contributed by atoms with E-state index >= 15 is 0 Å². The smallest absolute Gasteiger partial charge is 0.309 e. The van der Waals surface area contributed by atoms with Crippen LogP contribution in [0, 0.1) is 5.92 Å². The summed E-state index contributed by atoms with van der Waals surface area (Å²) >= 11 is 12.1. The van der Waals surface area contributed by atoms with Crippen LogP contribution in [0.25, 0.3) is 0 Å². The number of carbonyl (C=O) groups excluding carboxylic acids is 1. The van der Waals surface area contributed by atoms with E-state index in [1.807, 2.05) is 19.1 Å². The van der Waals surface area contributed by atoms with Crippen molar-refractivity contribution in [2.45, 2.75) is 33.1 Å². The molecular formula is C19H28Cl2IN3O2. The number of guanidine groups is 1. The zero-order chi connectivity index (χ0) is 18.9. The van der Waals surface area contributed by atoms with Crippen molar-refractivity contribution in [3.8, 4) is 0 Å². The maximum atomic E-state index is 11.9. The van der Waals surface area contributed by atoms with Gasteiger partial charge in [-0.15, -0.1) is 24.0 Å². The van der Waals surface area contributed by atoms with E-state index in [1.165, 1.54) is 0 Å². The summed E-state index contributed by atoms with van der Waals surface area (Å²) in [4.78, 5) is 18.8. The van der Waals surface area contributed by atoms with Gasteiger partial charge in [0.25, 0.3) is 0 Å². The van der Waals surface area contributed by atoms with Crippen molar-refractivity contribution in [1.82, 2.24) is 10.2 Å². The molecule has 1 heterocycles. The van der Waals surface area contributed by atoms with Crippen LogP contribution in [0.4, 0.5) is 0 Å². The first-order valence-corrected chi connectivity index (χ1v) is 9.94. The Labute approximate surface area is 188 Å². The van der Waals surface area contributed by atoms with E-state index in [4.69, 9.17) is 32.9 Å². The highest BCUT2D eigenvalue weighted by molar-refractivity contribution is 14.0. The second-order valence-corrected chi connectivity index (χ2v) is 7.15. The Morgan fingerprint density at radius 1 is 1.22 bits per heavy atom.